The number of rotatable bonds is 7. The summed E-state index contributed by atoms with van der Waals surface area (Å²) in [5.74, 6) is -2.19. The minimum Gasteiger partial charge on any atom is -0.546 e. The molecule has 1 aromatic rings. The van der Waals surface area contributed by atoms with Crippen LogP contribution in [0.3, 0.4) is 0 Å². The van der Waals surface area contributed by atoms with Gasteiger partial charge in [-0.25, -0.2) is 0 Å². The van der Waals surface area contributed by atoms with Crippen molar-refractivity contribution < 1.29 is 33.8 Å². The summed E-state index contributed by atoms with van der Waals surface area (Å²) in [5, 5.41) is 22.1. The van der Waals surface area contributed by atoms with E-state index < -0.39 is 29.4 Å². The Kier molecular flexibility index (Phi) is 5.67. The maximum absolute atomic E-state index is 11.1. The standard InChI is InChI=1S/C13H15NO8/c1-7(15)22-12(13(16)17)5-8-4-10(20-2)11(21-3)6-9(8)14(18)19/h4,6,12H,5H2,1-3H3,(H,16,17)/p-1. The van der Waals surface area contributed by atoms with Gasteiger partial charge in [0.2, 0.25) is 0 Å². The highest BCUT2D eigenvalue weighted by molar-refractivity contribution is 5.76. The van der Waals surface area contributed by atoms with E-state index in [0.717, 1.165) is 13.0 Å². The van der Waals surface area contributed by atoms with Gasteiger partial charge in [0.25, 0.3) is 5.69 Å². The second kappa shape index (κ2) is 7.25. The quantitative estimate of drug-likeness (QED) is 0.386. The fourth-order valence-electron chi connectivity index (χ4n) is 1.82. The van der Waals surface area contributed by atoms with E-state index in [1.165, 1.54) is 20.3 Å². The minimum absolute atomic E-state index is 0.0121. The van der Waals surface area contributed by atoms with Crippen LogP contribution in [-0.2, 0) is 20.7 Å². The van der Waals surface area contributed by atoms with Crippen molar-refractivity contribution in [3.05, 3.63) is 27.8 Å². The predicted octanol–water partition coefficient (Wildman–Crippen LogP) is -0.164. The van der Waals surface area contributed by atoms with E-state index >= 15 is 0 Å². The molecule has 0 saturated heterocycles. The molecule has 1 aromatic carbocycles. The van der Waals surface area contributed by atoms with E-state index in [1.807, 2.05) is 0 Å². The fourth-order valence-corrected chi connectivity index (χ4v) is 1.82. The van der Waals surface area contributed by atoms with Crippen LogP contribution in [0, 0.1) is 10.1 Å². The highest BCUT2D eigenvalue weighted by Crippen LogP contribution is 2.35. The van der Waals surface area contributed by atoms with Crippen LogP contribution in [0.4, 0.5) is 5.69 Å². The highest BCUT2D eigenvalue weighted by atomic mass is 16.6. The van der Waals surface area contributed by atoms with Gasteiger partial charge in [-0.3, -0.25) is 14.9 Å². The Morgan fingerprint density at radius 2 is 1.77 bits per heavy atom. The summed E-state index contributed by atoms with van der Waals surface area (Å²) in [4.78, 5) is 32.3. The molecule has 0 saturated carbocycles. The Bertz CT molecular complexity index is 598. The first kappa shape index (κ1) is 17.2. The van der Waals surface area contributed by atoms with Crippen molar-refractivity contribution in [1.29, 1.82) is 0 Å². The Morgan fingerprint density at radius 3 is 2.18 bits per heavy atom. The van der Waals surface area contributed by atoms with E-state index in [-0.39, 0.29) is 22.7 Å². The van der Waals surface area contributed by atoms with Gasteiger partial charge < -0.3 is 24.1 Å². The Labute approximate surface area is 125 Å². The molecule has 9 heteroatoms. The van der Waals surface area contributed by atoms with Crippen molar-refractivity contribution in [2.75, 3.05) is 14.2 Å². The zero-order valence-electron chi connectivity index (χ0n) is 12.2. The van der Waals surface area contributed by atoms with Crippen molar-refractivity contribution in [3.8, 4) is 11.5 Å². The zero-order chi connectivity index (χ0) is 16.9. The van der Waals surface area contributed by atoms with E-state index in [1.54, 1.807) is 0 Å². The molecule has 0 amide bonds. The fraction of sp³-hybridized carbons (Fsp3) is 0.385. The number of nitro groups is 1. The molecule has 0 N–H and O–H groups in total. The van der Waals surface area contributed by atoms with Gasteiger partial charge in [-0.15, -0.1) is 0 Å². The van der Waals surface area contributed by atoms with E-state index in [0.29, 0.717) is 0 Å². The van der Waals surface area contributed by atoms with Gasteiger partial charge in [0.15, 0.2) is 11.5 Å². The SMILES string of the molecule is COc1cc(CC(OC(C)=O)C(=O)[O-])c([N+](=O)[O-])cc1OC. The first-order valence-corrected chi connectivity index (χ1v) is 6.07. The lowest BCUT2D eigenvalue weighted by Crippen LogP contribution is -2.40. The Balaban J connectivity index is 3.28. The number of carboxylic acid groups (broad SMARTS) is 1. The number of hydrogen-bond acceptors (Lipinski definition) is 8. The largest absolute Gasteiger partial charge is 0.546 e. The maximum Gasteiger partial charge on any atom is 0.303 e. The topological polar surface area (TPSA) is 128 Å². The number of carbonyl (C=O) groups is 2. The van der Waals surface area contributed by atoms with E-state index in [2.05, 4.69) is 4.74 Å². The number of benzene rings is 1. The molecule has 1 unspecified atom stereocenters. The molecule has 0 aliphatic rings. The molecule has 0 heterocycles. The Hall–Kier alpha value is -2.84. The van der Waals surface area contributed by atoms with Gasteiger partial charge in [0, 0.05) is 18.9 Å². The molecule has 9 nitrogen and oxygen atoms in total. The van der Waals surface area contributed by atoms with Crippen LogP contribution in [0.5, 0.6) is 11.5 Å². The summed E-state index contributed by atoms with van der Waals surface area (Å²) in [6, 6.07) is 2.37. The zero-order valence-corrected chi connectivity index (χ0v) is 12.2. The number of nitrogens with zero attached hydrogens (tertiary/aromatic N) is 1. The molecule has 0 aliphatic heterocycles. The molecule has 0 spiro atoms. The smallest absolute Gasteiger partial charge is 0.303 e. The summed E-state index contributed by atoms with van der Waals surface area (Å²) in [6.45, 7) is 1.03. The number of esters is 1. The molecule has 1 atom stereocenters. The van der Waals surface area contributed by atoms with Crippen LogP contribution in [0.25, 0.3) is 0 Å². The summed E-state index contributed by atoms with van der Waals surface area (Å²) >= 11 is 0. The van der Waals surface area contributed by atoms with Crippen molar-refractivity contribution in [2.24, 2.45) is 0 Å². The average Bonchev–Trinajstić information content (AvgIpc) is 2.44. The number of carboxylic acids is 1. The van der Waals surface area contributed by atoms with Crippen LogP contribution >= 0.6 is 0 Å². The van der Waals surface area contributed by atoms with Gasteiger partial charge in [0.1, 0.15) is 6.10 Å². The summed E-state index contributed by atoms with van der Waals surface area (Å²) in [6.07, 6.45) is -2.08. The predicted molar refractivity (Wildman–Crippen MR) is 70.5 cm³/mol. The van der Waals surface area contributed by atoms with Gasteiger partial charge in [0.05, 0.1) is 31.2 Å². The molecular formula is C13H14NO8-. The van der Waals surface area contributed by atoms with E-state index in [4.69, 9.17) is 9.47 Å². The minimum atomic E-state index is -1.65. The Morgan fingerprint density at radius 1 is 1.23 bits per heavy atom. The lowest BCUT2D eigenvalue weighted by atomic mass is 10.0. The molecule has 0 radical (unpaired) electrons. The molecule has 0 aromatic heterocycles. The number of ether oxygens (including phenoxy) is 3. The third-order valence-corrected chi connectivity index (χ3v) is 2.76. The number of hydrogen-bond donors (Lipinski definition) is 0. The molecule has 120 valence electrons. The lowest BCUT2D eigenvalue weighted by Gasteiger charge is -2.18. The maximum atomic E-state index is 11.1. The number of carbonyl (C=O) groups excluding carboxylic acids is 2. The van der Waals surface area contributed by atoms with Crippen LogP contribution in [0.1, 0.15) is 12.5 Å². The van der Waals surface area contributed by atoms with Gasteiger partial charge in [-0.05, 0) is 6.07 Å². The van der Waals surface area contributed by atoms with Crippen LogP contribution in [-0.4, -0.2) is 37.2 Å². The third kappa shape index (κ3) is 4.08. The highest BCUT2D eigenvalue weighted by Gasteiger charge is 2.24. The molecular weight excluding hydrogens is 298 g/mol. The molecule has 0 fully saturated rings. The van der Waals surface area contributed by atoms with Crippen LogP contribution in [0.2, 0.25) is 0 Å². The first-order chi connectivity index (χ1) is 10.3. The van der Waals surface area contributed by atoms with Crippen LogP contribution < -0.4 is 14.6 Å². The van der Waals surface area contributed by atoms with Crippen molar-refractivity contribution in [1.82, 2.24) is 0 Å². The van der Waals surface area contributed by atoms with Crippen molar-refractivity contribution >= 4 is 17.6 Å². The number of methoxy groups -OCH3 is 2. The molecule has 1 rings (SSSR count). The van der Waals surface area contributed by atoms with Crippen LogP contribution in [0.15, 0.2) is 12.1 Å². The van der Waals surface area contributed by atoms with Gasteiger partial charge in [-0.2, -0.15) is 0 Å². The molecule has 0 aliphatic carbocycles. The van der Waals surface area contributed by atoms with Gasteiger partial charge in [-0.1, -0.05) is 0 Å². The number of aliphatic carboxylic acids is 1. The average molecular weight is 312 g/mol. The first-order valence-electron chi connectivity index (χ1n) is 6.07. The summed E-state index contributed by atoms with van der Waals surface area (Å²) < 4.78 is 14.6. The monoisotopic (exact) mass is 312 g/mol. The summed E-state index contributed by atoms with van der Waals surface area (Å²) in [7, 11) is 2.64. The van der Waals surface area contributed by atoms with Crippen molar-refractivity contribution in [3.63, 3.8) is 0 Å². The lowest BCUT2D eigenvalue weighted by molar-refractivity contribution is -0.385. The van der Waals surface area contributed by atoms with Crippen molar-refractivity contribution in [2.45, 2.75) is 19.4 Å². The second-order valence-corrected chi connectivity index (χ2v) is 4.21. The van der Waals surface area contributed by atoms with E-state index in [9.17, 15) is 24.8 Å². The van der Waals surface area contributed by atoms with Gasteiger partial charge >= 0.3 is 5.97 Å². The third-order valence-electron chi connectivity index (χ3n) is 2.76. The summed E-state index contributed by atoms with van der Waals surface area (Å²) in [5.41, 5.74) is -0.367. The molecule has 22 heavy (non-hydrogen) atoms. The normalized spacial score (nSPS) is 11.4. The molecule has 0 bridgehead atoms. The number of nitro benzene ring substituents is 1. The second-order valence-electron chi connectivity index (χ2n) is 4.21.